The van der Waals surface area contributed by atoms with Crippen molar-refractivity contribution in [3.05, 3.63) is 70.8 Å². The Labute approximate surface area is 207 Å². The molecule has 2 heterocycles. The minimum Gasteiger partial charge on any atom is -0.481 e. The average molecular weight is 493 g/mol. The standard InChI is InChI=1S/C26H28N4O4S/c1-5-35(33)18-8-6-17(7-9-18)14-23(31)30-22-11-10-19-20(29-22)12-13-26(3,25(19)32)21-15-24(34-4)28-16(2)27-21/h6-11,15H,5,12-14H2,1-4H3,(H,29,30,31). The highest BCUT2D eigenvalue weighted by Crippen LogP contribution is 2.38. The molecule has 1 aliphatic carbocycles. The number of rotatable bonds is 7. The number of hydrogen-bond donors (Lipinski definition) is 1. The topological polar surface area (TPSA) is 111 Å². The molecular formula is C26H28N4O4S. The van der Waals surface area contributed by atoms with E-state index in [2.05, 4.69) is 20.3 Å². The van der Waals surface area contributed by atoms with Gasteiger partial charge in [0.05, 0.1) is 41.1 Å². The van der Waals surface area contributed by atoms with E-state index >= 15 is 0 Å². The molecule has 1 aliphatic rings. The van der Waals surface area contributed by atoms with Crippen LogP contribution in [0.1, 0.15) is 53.4 Å². The highest BCUT2D eigenvalue weighted by molar-refractivity contribution is 7.85. The second-order valence-corrected chi connectivity index (χ2v) is 10.4. The Kier molecular flexibility index (Phi) is 7.07. The lowest BCUT2D eigenvalue weighted by molar-refractivity contribution is -0.115. The van der Waals surface area contributed by atoms with Crippen molar-refractivity contribution in [2.45, 2.75) is 50.3 Å². The molecule has 2 aromatic heterocycles. The van der Waals surface area contributed by atoms with Crippen molar-refractivity contribution in [2.75, 3.05) is 18.2 Å². The SMILES string of the molecule is CCS(=O)c1ccc(CC(=O)Nc2ccc3c(n2)CCC(C)(c2cc(OC)nc(C)n2)C3=O)cc1. The summed E-state index contributed by atoms with van der Waals surface area (Å²) in [6.07, 6.45) is 1.28. The molecule has 0 fully saturated rings. The molecular weight excluding hydrogens is 464 g/mol. The number of carbonyl (C=O) groups is 2. The van der Waals surface area contributed by atoms with Crippen LogP contribution in [0, 0.1) is 6.92 Å². The molecule has 2 unspecified atom stereocenters. The summed E-state index contributed by atoms with van der Waals surface area (Å²) in [6, 6.07) is 12.3. The third-order valence-electron chi connectivity index (χ3n) is 6.25. The number of methoxy groups -OCH3 is 1. The normalized spacial score (nSPS) is 18.0. The molecule has 0 radical (unpaired) electrons. The van der Waals surface area contributed by atoms with Gasteiger partial charge in [-0.15, -0.1) is 0 Å². The second kappa shape index (κ2) is 10.0. The Morgan fingerprint density at radius 2 is 1.89 bits per heavy atom. The molecule has 0 aliphatic heterocycles. The highest BCUT2D eigenvalue weighted by atomic mass is 32.2. The monoisotopic (exact) mass is 492 g/mol. The van der Waals surface area contributed by atoms with E-state index < -0.39 is 16.2 Å². The Morgan fingerprint density at radius 3 is 2.57 bits per heavy atom. The number of carbonyl (C=O) groups excluding carboxylic acids is 2. The number of amides is 1. The van der Waals surface area contributed by atoms with Gasteiger partial charge in [-0.05, 0) is 56.5 Å². The number of ether oxygens (including phenoxy) is 1. The quantitative estimate of drug-likeness (QED) is 0.537. The average Bonchev–Trinajstić information content (AvgIpc) is 2.86. The van der Waals surface area contributed by atoms with Crippen LogP contribution in [-0.4, -0.2) is 43.7 Å². The fraction of sp³-hybridized carbons (Fsp3) is 0.346. The maximum Gasteiger partial charge on any atom is 0.229 e. The van der Waals surface area contributed by atoms with Crippen LogP contribution < -0.4 is 10.1 Å². The van der Waals surface area contributed by atoms with Gasteiger partial charge in [-0.3, -0.25) is 13.8 Å². The number of nitrogens with zero attached hydrogens (tertiary/aromatic N) is 3. The summed E-state index contributed by atoms with van der Waals surface area (Å²) in [4.78, 5) is 40.1. The van der Waals surface area contributed by atoms with Crippen LogP contribution in [0.25, 0.3) is 0 Å². The summed E-state index contributed by atoms with van der Waals surface area (Å²) in [7, 11) is 0.517. The first-order chi connectivity index (χ1) is 16.7. The Morgan fingerprint density at radius 1 is 1.14 bits per heavy atom. The summed E-state index contributed by atoms with van der Waals surface area (Å²) in [5, 5.41) is 2.82. The third-order valence-corrected chi connectivity index (χ3v) is 7.57. The first kappa shape index (κ1) is 24.7. The number of benzene rings is 1. The fourth-order valence-electron chi connectivity index (χ4n) is 4.22. The minimum atomic E-state index is -1.02. The zero-order valence-electron chi connectivity index (χ0n) is 20.3. The van der Waals surface area contributed by atoms with Crippen LogP contribution in [0.4, 0.5) is 5.82 Å². The maximum atomic E-state index is 13.5. The van der Waals surface area contributed by atoms with Crippen molar-refractivity contribution in [1.82, 2.24) is 15.0 Å². The molecule has 1 N–H and O–H groups in total. The van der Waals surface area contributed by atoms with Gasteiger partial charge in [0.15, 0.2) is 5.78 Å². The van der Waals surface area contributed by atoms with Crippen molar-refractivity contribution in [1.29, 1.82) is 0 Å². The smallest absolute Gasteiger partial charge is 0.229 e. The van der Waals surface area contributed by atoms with Gasteiger partial charge in [-0.1, -0.05) is 19.1 Å². The molecule has 3 aromatic rings. The summed E-state index contributed by atoms with van der Waals surface area (Å²) in [5.41, 5.74) is 1.83. The number of hydrogen-bond acceptors (Lipinski definition) is 7. The van der Waals surface area contributed by atoms with Gasteiger partial charge in [-0.25, -0.2) is 9.97 Å². The van der Waals surface area contributed by atoms with Crippen LogP contribution in [-0.2, 0) is 33.9 Å². The number of Topliss-reactive ketones (excluding diaryl/α,β-unsaturated/α-hetero) is 1. The molecule has 0 saturated carbocycles. The van der Waals surface area contributed by atoms with E-state index in [-0.39, 0.29) is 18.1 Å². The van der Waals surface area contributed by atoms with E-state index in [1.165, 1.54) is 7.11 Å². The molecule has 2 atom stereocenters. The molecule has 0 bridgehead atoms. The van der Waals surface area contributed by atoms with Crippen LogP contribution in [0.5, 0.6) is 5.88 Å². The summed E-state index contributed by atoms with van der Waals surface area (Å²) >= 11 is 0. The van der Waals surface area contributed by atoms with Crippen molar-refractivity contribution in [3.63, 3.8) is 0 Å². The number of pyridine rings is 1. The molecule has 182 valence electrons. The number of ketones is 1. The van der Waals surface area contributed by atoms with Gasteiger partial charge in [0.25, 0.3) is 0 Å². The molecule has 4 rings (SSSR count). The van der Waals surface area contributed by atoms with E-state index in [0.29, 0.717) is 53.1 Å². The Balaban J connectivity index is 1.48. The van der Waals surface area contributed by atoms with E-state index in [1.54, 1.807) is 37.3 Å². The van der Waals surface area contributed by atoms with Crippen LogP contribution in [0.3, 0.4) is 0 Å². The van der Waals surface area contributed by atoms with Gasteiger partial charge in [0.1, 0.15) is 11.6 Å². The Bertz CT molecular complexity index is 1310. The van der Waals surface area contributed by atoms with E-state index in [0.717, 1.165) is 10.5 Å². The van der Waals surface area contributed by atoms with Gasteiger partial charge in [0.2, 0.25) is 11.8 Å². The van der Waals surface area contributed by atoms with Crippen LogP contribution >= 0.6 is 0 Å². The van der Waals surface area contributed by atoms with Gasteiger partial charge in [0, 0.05) is 22.3 Å². The summed E-state index contributed by atoms with van der Waals surface area (Å²) in [6.45, 7) is 5.52. The minimum absolute atomic E-state index is 0.0613. The predicted octanol–water partition coefficient (Wildman–Crippen LogP) is 3.58. The maximum absolute atomic E-state index is 13.5. The molecule has 9 heteroatoms. The predicted molar refractivity (Wildman–Crippen MR) is 133 cm³/mol. The summed E-state index contributed by atoms with van der Waals surface area (Å²) < 4.78 is 17.1. The molecule has 1 amide bonds. The van der Waals surface area contributed by atoms with Crippen molar-refractivity contribution in [3.8, 4) is 5.88 Å². The lowest BCUT2D eigenvalue weighted by Crippen LogP contribution is -2.39. The van der Waals surface area contributed by atoms with E-state index in [9.17, 15) is 13.8 Å². The lowest BCUT2D eigenvalue weighted by atomic mass is 9.71. The molecule has 0 saturated heterocycles. The lowest BCUT2D eigenvalue weighted by Gasteiger charge is -2.32. The van der Waals surface area contributed by atoms with E-state index in [1.807, 2.05) is 26.0 Å². The van der Waals surface area contributed by atoms with Crippen LogP contribution in [0.15, 0.2) is 47.4 Å². The zero-order valence-corrected chi connectivity index (χ0v) is 21.1. The molecule has 35 heavy (non-hydrogen) atoms. The Hall–Kier alpha value is -3.46. The molecule has 1 aromatic carbocycles. The fourth-order valence-corrected chi connectivity index (χ4v) is 4.99. The third kappa shape index (κ3) is 5.14. The number of aryl methyl sites for hydroxylation is 2. The summed E-state index contributed by atoms with van der Waals surface area (Å²) in [5.74, 6) is 1.67. The van der Waals surface area contributed by atoms with Crippen molar-refractivity contribution < 1.29 is 18.5 Å². The van der Waals surface area contributed by atoms with E-state index in [4.69, 9.17) is 4.74 Å². The number of anilines is 1. The van der Waals surface area contributed by atoms with Crippen LogP contribution in [0.2, 0.25) is 0 Å². The largest absolute Gasteiger partial charge is 0.481 e. The van der Waals surface area contributed by atoms with Gasteiger partial charge < -0.3 is 10.1 Å². The number of nitrogens with one attached hydrogen (secondary N) is 1. The first-order valence-electron chi connectivity index (χ1n) is 11.5. The van der Waals surface area contributed by atoms with Crippen molar-refractivity contribution in [2.24, 2.45) is 0 Å². The first-order valence-corrected chi connectivity index (χ1v) is 12.8. The van der Waals surface area contributed by atoms with Crippen molar-refractivity contribution >= 4 is 28.3 Å². The van der Waals surface area contributed by atoms with Gasteiger partial charge >= 0.3 is 0 Å². The number of aromatic nitrogens is 3. The molecule has 0 spiro atoms. The number of fused-ring (bicyclic) bond motifs is 1. The zero-order chi connectivity index (χ0) is 25.2. The van der Waals surface area contributed by atoms with Gasteiger partial charge in [-0.2, -0.15) is 4.98 Å². The second-order valence-electron chi connectivity index (χ2n) is 8.70. The highest BCUT2D eigenvalue weighted by Gasteiger charge is 2.42. The molecule has 8 nitrogen and oxygen atoms in total.